The Labute approximate surface area is 140 Å². The molecule has 1 aromatic heterocycles. The molecule has 0 aromatic carbocycles. The number of carbonyl (C=O) groups excluding carboxylic acids is 1. The fourth-order valence-corrected chi connectivity index (χ4v) is 4.42. The average molecular weight is 343 g/mol. The van der Waals surface area contributed by atoms with Gasteiger partial charge < -0.3 is 15.0 Å². The molecule has 1 aliphatic heterocycles. The van der Waals surface area contributed by atoms with Crippen LogP contribution >= 0.6 is 22.9 Å². The second-order valence-electron chi connectivity index (χ2n) is 7.12. The second-order valence-corrected chi connectivity index (χ2v) is 8.89. The third-order valence-electron chi connectivity index (χ3n) is 4.05. The summed E-state index contributed by atoms with van der Waals surface area (Å²) in [5.41, 5.74) is 0.929. The maximum atomic E-state index is 11.9. The number of amides is 1. The molecule has 1 aromatic rings. The number of nitrogens with one attached hydrogen (secondary N) is 1. The molecule has 0 radical (unpaired) electrons. The molecule has 4 nitrogen and oxygen atoms in total. The van der Waals surface area contributed by atoms with E-state index in [1.807, 2.05) is 20.8 Å². The summed E-state index contributed by atoms with van der Waals surface area (Å²) in [5.74, 6) is 0. The second kappa shape index (κ2) is 6.02. The zero-order valence-corrected chi connectivity index (χ0v) is 14.9. The maximum absolute atomic E-state index is 11.9. The van der Waals surface area contributed by atoms with Crippen LogP contribution in [0.4, 0.5) is 4.79 Å². The third-order valence-corrected chi connectivity index (χ3v) is 5.39. The maximum Gasteiger partial charge on any atom is 0.410 e. The lowest BCUT2D eigenvalue weighted by atomic mass is 9.92. The molecule has 22 heavy (non-hydrogen) atoms. The molecular weight excluding hydrogens is 320 g/mol. The van der Waals surface area contributed by atoms with Crippen LogP contribution < -0.4 is 5.32 Å². The molecule has 1 saturated heterocycles. The molecule has 122 valence electrons. The summed E-state index contributed by atoms with van der Waals surface area (Å²) in [4.78, 5) is 15.1. The molecule has 2 aliphatic rings. The fraction of sp³-hybridized carbons (Fsp3) is 0.688. The van der Waals surface area contributed by atoms with Crippen LogP contribution in [-0.2, 0) is 11.2 Å². The van der Waals surface area contributed by atoms with Crippen molar-refractivity contribution in [2.45, 2.75) is 57.7 Å². The Balaban J connectivity index is 1.52. The lowest BCUT2D eigenvalue weighted by Gasteiger charge is -2.42. The smallest absolute Gasteiger partial charge is 0.410 e. The number of thiophene rings is 1. The van der Waals surface area contributed by atoms with Crippen molar-refractivity contribution in [2.75, 3.05) is 13.1 Å². The quantitative estimate of drug-likeness (QED) is 0.883. The van der Waals surface area contributed by atoms with Crippen LogP contribution in [0.1, 0.15) is 50.1 Å². The first-order valence-corrected chi connectivity index (χ1v) is 9.03. The Bertz CT molecular complexity index is 561. The Morgan fingerprint density at radius 2 is 2.18 bits per heavy atom. The van der Waals surface area contributed by atoms with Crippen molar-refractivity contribution in [2.24, 2.45) is 0 Å². The average Bonchev–Trinajstić information content (AvgIpc) is 2.71. The summed E-state index contributed by atoms with van der Waals surface area (Å²) in [7, 11) is 0. The minimum Gasteiger partial charge on any atom is -0.444 e. The van der Waals surface area contributed by atoms with Gasteiger partial charge in [0.25, 0.3) is 0 Å². The highest BCUT2D eigenvalue weighted by molar-refractivity contribution is 7.16. The SMILES string of the molecule is CC(C)(C)OC(=O)N1CC(NC2CCCc3sc(Cl)cc32)C1. The molecule has 0 bridgehead atoms. The number of ether oxygens (including phenoxy) is 1. The molecule has 6 heteroatoms. The minimum absolute atomic E-state index is 0.214. The predicted molar refractivity (Wildman–Crippen MR) is 89.7 cm³/mol. The zero-order chi connectivity index (χ0) is 15.9. The Morgan fingerprint density at radius 1 is 1.45 bits per heavy atom. The monoisotopic (exact) mass is 342 g/mol. The minimum atomic E-state index is -0.429. The van der Waals surface area contributed by atoms with Crippen molar-refractivity contribution in [1.29, 1.82) is 0 Å². The molecule has 1 fully saturated rings. The van der Waals surface area contributed by atoms with Crippen LogP contribution in [0.2, 0.25) is 4.34 Å². The van der Waals surface area contributed by atoms with Crippen molar-refractivity contribution >= 4 is 29.0 Å². The molecule has 0 spiro atoms. The van der Waals surface area contributed by atoms with Crippen molar-refractivity contribution in [3.8, 4) is 0 Å². The van der Waals surface area contributed by atoms with Crippen LogP contribution in [0.3, 0.4) is 0 Å². The van der Waals surface area contributed by atoms with E-state index in [1.54, 1.807) is 16.2 Å². The number of nitrogens with zero attached hydrogens (tertiary/aromatic N) is 1. The number of carbonyl (C=O) groups is 1. The standard InChI is InChI=1S/C16H23ClN2O2S/c1-16(2,3)21-15(20)19-8-10(9-19)18-12-5-4-6-13-11(12)7-14(17)22-13/h7,10,12,18H,4-6,8-9H2,1-3H3. The first kappa shape index (κ1) is 16.1. The molecule has 1 aliphatic carbocycles. The number of aryl methyl sites for hydroxylation is 1. The molecule has 1 unspecified atom stereocenters. The molecule has 3 rings (SSSR count). The van der Waals surface area contributed by atoms with Gasteiger partial charge in [-0.25, -0.2) is 4.79 Å². The molecule has 0 saturated carbocycles. The molecule has 1 atom stereocenters. The number of halogens is 1. The zero-order valence-electron chi connectivity index (χ0n) is 13.3. The van der Waals surface area contributed by atoms with E-state index in [2.05, 4.69) is 11.4 Å². The number of likely N-dealkylation sites (tertiary alicyclic amines) is 1. The van der Waals surface area contributed by atoms with Crippen LogP contribution in [0.25, 0.3) is 0 Å². The van der Waals surface area contributed by atoms with Gasteiger partial charge in [0.15, 0.2) is 0 Å². The third kappa shape index (κ3) is 3.58. The summed E-state index contributed by atoms with van der Waals surface area (Å²) >= 11 is 7.85. The first-order valence-electron chi connectivity index (χ1n) is 7.84. The summed E-state index contributed by atoms with van der Waals surface area (Å²) in [6.07, 6.45) is 3.26. The number of rotatable bonds is 2. The van der Waals surface area contributed by atoms with Crippen molar-refractivity contribution < 1.29 is 9.53 Å². The van der Waals surface area contributed by atoms with E-state index in [0.29, 0.717) is 12.1 Å². The Hall–Kier alpha value is -0.780. The van der Waals surface area contributed by atoms with Gasteiger partial charge in [-0.05, 0) is 51.7 Å². The summed E-state index contributed by atoms with van der Waals surface area (Å²) in [5, 5.41) is 3.67. The highest BCUT2D eigenvalue weighted by atomic mass is 35.5. The van der Waals surface area contributed by atoms with Crippen LogP contribution in [0, 0.1) is 0 Å². The molecule has 1 N–H and O–H groups in total. The van der Waals surface area contributed by atoms with Crippen LogP contribution in [-0.4, -0.2) is 35.7 Å². The van der Waals surface area contributed by atoms with Gasteiger partial charge in [-0.2, -0.15) is 0 Å². The summed E-state index contributed by atoms with van der Waals surface area (Å²) in [6, 6.07) is 2.82. The van der Waals surface area contributed by atoms with Gasteiger partial charge in [0, 0.05) is 30.1 Å². The summed E-state index contributed by atoms with van der Waals surface area (Å²) in [6.45, 7) is 7.12. The van der Waals surface area contributed by atoms with Crippen molar-refractivity contribution in [3.63, 3.8) is 0 Å². The van der Waals surface area contributed by atoms with Crippen LogP contribution in [0.15, 0.2) is 6.07 Å². The van der Waals surface area contributed by atoms with E-state index in [-0.39, 0.29) is 6.09 Å². The normalized spacial score (nSPS) is 22.2. The lowest BCUT2D eigenvalue weighted by molar-refractivity contribution is 0.00392. The molecule has 2 heterocycles. The topological polar surface area (TPSA) is 41.6 Å². The number of hydrogen-bond acceptors (Lipinski definition) is 4. The fourth-order valence-electron chi connectivity index (χ4n) is 3.04. The number of fused-ring (bicyclic) bond motifs is 1. The van der Waals surface area contributed by atoms with E-state index in [1.165, 1.54) is 16.9 Å². The van der Waals surface area contributed by atoms with Gasteiger partial charge in [0.05, 0.1) is 4.34 Å². The lowest BCUT2D eigenvalue weighted by Crippen LogP contribution is -2.61. The summed E-state index contributed by atoms with van der Waals surface area (Å²) < 4.78 is 6.26. The van der Waals surface area contributed by atoms with Gasteiger partial charge in [0.2, 0.25) is 0 Å². The largest absolute Gasteiger partial charge is 0.444 e. The van der Waals surface area contributed by atoms with Crippen LogP contribution in [0.5, 0.6) is 0 Å². The van der Waals surface area contributed by atoms with E-state index in [0.717, 1.165) is 30.3 Å². The van der Waals surface area contributed by atoms with E-state index < -0.39 is 5.60 Å². The van der Waals surface area contributed by atoms with Crippen molar-refractivity contribution in [3.05, 3.63) is 20.8 Å². The highest BCUT2D eigenvalue weighted by Gasteiger charge is 2.35. The number of hydrogen-bond donors (Lipinski definition) is 1. The van der Waals surface area contributed by atoms with Gasteiger partial charge in [0.1, 0.15) is 5.60 Å². The predicted octanol–water partition coefficient (Wildman–Crippen LogP) is 3.99. The van der Waals surface area contributed by atoms with E-state index in [9.17, 15) is 4.79 Å². The van der Waals surface area contributed by atoms with Gasteiger partial charge >= 0.3 is 6.09 Å². The Morgan fingerprint density at radius 3 is 2.86 bits per heavy atom. The molecular formula is C16H23ClN2O2S. The Kier molecular flexibility index (Phi) is 4.40. The first-order chi connectivity index (χ1) is 10.3. The molecule has 1 amide bonds. The van der Waals surface area contributed by atoms with E-state index >= 15 is 0 Å². The van der Waals surface area contributed by atoms with Gasteiger partial charge in [-0.15, -0.1) is 11.3 Å². The van der Waals surface area contributed by atoms with E-state index in [4.69, 9.17) is 16.3 Å². The van der Waals surface area contributed by atoms with Gasteiger partial charge in [-0.1, -0.05) is 11.6 Å². The van der Waals surface area contributed by atoms with Crippen molar-refractivity contribution in [1.82, 2.24) is 10.2 Å². The highest BCUT2D eigenvalue weighted by Crippen LogP contribution is 2.38. The van der Waals surface area contributed by atoms with Gasteiger partial charge in [-0.3, -0.25) is 0 Å².